The molecule has 0 bridgehead atoms. The fraction of sp³-hybridized carbons (Fsp3) is 0.423. The molecule has 2 fully saturated rings. The Kier molecular flexibility index (Phi) is 5.56. The van der Waals surface area contributed by atoms with E-state index in [9.17, 15) is 4.79 Å². The molecule has 6 rings (SSSR count). The van der Waals surface area contributed by atoms with E-state index in [2.05, 4.69) is 42.8 Å². The molecule has 1 amide bonds. The van der Waals surface area contributed by atoms with Crippen LogP contribution in [0.3, 0.4) is 0 Å². The standard InChI is InChI=1S/C26H30N8O/c1-17-30-21-4-3-19(13-22(21)31-17)26(35)34-7-5-18(6-8-34)24-25-23(28-16-29-24)14-20(15-27-25)33-11-9-32(2)10-12-33/h3-4,13-16,18H,5-12H2,1-2H3,(H,30,31). The predicted molar refractivity (Wildman–Crippen MR) is 136 cm³/mol. The first-order chi connectivity index (χ1) is 17.0. The highest BCUT2D eigenvalue weighted by atomic mass is 16.2. The maximum absolute atomic E-state index is 13.2. The molecule has 0 saturated carbocycles. The van der Waals surface area contributed by atoms with Gasteiger partial charge in [0.1, 0.15) is 17.7 Å². The molecule has 35 heavy (non-hydrogen) atoms. The van der Waals surface area contributed by atoms with Crippen molar-refractivity contribution in [2.45, 2.75) is 25.7 Å². The molecule has 5 heterocycles. The number of hydrogen-bond donors (Lipinski definition) is 1. The molecule has 2 aliphatic rings. The van der Waals surface area contributed by atoms with E-state index < -0.39 is 0 Å². The Morgan fingerprint density at radius 3 is 2.57 bits per heavy atom. The van der Waals surface area contributed by atoms with E-state index >= 15 is 0 Å². The van der Waals surface area contributed by atoms with Crippen molar-refractivity contribution in [3.63, 3.8) is 0 Å². The van der Waals surface area contributed by atoms with Crippen LogP contribution in [0, 0.1) is 6.92 Å². The van der Waals surface area contributed by atoms with Gasteiger partial charge in [0.15, 0.2) is 0 Å². The zero-order valence-corrected chi connectivity index (χ0v) is 20.2. The first-order valence-corrected chi connectivity index (χ1v) is 12.3. The number of pyridine rings is 1. The Balaban J connectivity index is 1.17. The number of nitrogens with one attached hydrogen (secondary N) is 1. The Morgan fingerprint density at radius 1 is 0.971 bits per heavy atom. The summed E-state index contributed by atoms with van der Waals surface area (Å²) in [6.45, 7) is 7.44. The number of amides is 1. The third-order valence-electron chi connectivity index (χ3n) is 7.37. The number of H-pyrrole nitrogens is 1. The van der Waals surface area contributed by atoms with Gasteiger partial charge in [-0.25, -0.2) is 15.0 Å². The number of piperazine rings is 1. The Bertz CT molecular complexity index is 1380. The van der Waals surface area contributed by atoms with Gasteiger partial charge in [-0.2, -0.15) is 0 Å². The number of aryl methyl sites for hydroxylation is 1. The highest BCUT2D eigenvalue weighted by molar-refractivity contribution is 5.97. The highest BCUT2D eigenvalue weighted by Crippen LogP contribution is 2.32. The van der Waals surface area contributed by atoms with Crippen molar-refractivity contribution in [3.8, 4) is 0 Å². The second-order valence-electron chi connectivity index (χ2n) is 9.73. The molecule has 3 aromatic heterocycles. The SMILES string of the molecule is Cc1nc2ccc(C(=O)N3CCC(c4ncnc5cc(N6CCN(C)CC6)cnc45)CC3)cc2[nH]1. The molecule has 9 heteroatoms. The predicted octanol–water partition coefficient (Wildman–Crippen LogP) is 2.98. The molecule has 1 N–H and O–H groups in total. The summed E-state index contributed by atoms with van der Waals surface area (Å²) in [5.74, 6) is 1.19. The van der Waals surface area contributed by atoms with Crippen molar-refractivity contribution in [2.75, 3.05) is 51.2 Å². The van der Waals surface area contributed by atoms with E-state index in [1.165, 1.54) is 0 Å². The molecule has 180 valence electrons. The van der Waals surface area contributed by atoms with Gasteiger partial charge in [-0.05, 0) is 51.1 Å². The number of aromatic nitrogens is 5. The van der Waals surface area contributed by atoms with Crippen LogP contribution in [-0.2, 0) is 0 Å². The summed E-state index contributed by atoms with van der Waals surface area (Å²) in [6, 6.07) is 7.83. The molecule has 0 spiro atoms. The number of likely N-dealkylation sites (N-methyl/N-ethyl adjacent to an activating group) is 1. The van der Waals surface area contributed by atoms with Gasteiger partial charge in [0.2, 0.25) is 0 Å². The highest BCUT2D eigenvalue weighted by Gasteiger charge is 2.27. The van der Waals surface area contributed by atoms with E-state index in [1.807, 2.05) is 36.2 Å². The third kappa shape index (κ3) is 4.20. The van der Waals surface area contributed by atoms with Gasteiger partial charge in [-0.1, -0.05) is 0 Å². The summed E-state index contributed by atoms with van der Waals surface area (Å²) in [6.07, 6.45) is 5.36. The van der Waals surface area contributed by atoms with Crippen molar-refractivity contribution >= 4 is 33.7 Å². The lowest BCUT2D eigenvalue weighted by atomic mass is 9.92. The summed E-state index contributed by atoms with van der Waals surface area (Å²) in [5.41, 5.74) is 6.39. The van der Waals surface area contributed by atoms with Crippen LogP contribution in [0.5, 0.6) is 0 Å². The minimum absolute atomic E-state index is 0.0695. The Morgan fingerprint density at radius 2 is 1.77 bits per heavy atom. The maximum atomic E-state index is 13.2. The largest absolute Gasteiger partial charge is 0.368 e. The minimum atomic E-state index is 0.0695. The average molecular weight is 471 g/mol. The monoisotopic (exact) mass is 470 g/mol. The van der Waals surface area contributed by atoms with Crippen molar-refractivity contribution in [1.29, 1.82) is 0 Å². The first kappa shape index (κ1) is 21.9. The molecular formula is C26H30N8O. The molecule has 9 nitrogen and oxygen atoms in total. The molecule has 0 radical (unpaired) electrons. The summed E-state index contributed by atoms with van der Waals surface area (Å²) in [4.78, 5) is 41.5. The number of nitrogens with zero attached hydrogens (tertiary/aromatic N) is 7. The number of carbonyl (C=O) groups is 1. The molecule has 4 aromatic rings. The van der Waals surface area contributed by atoms with Gasteiger partial charge in [-0.3, -0.25) is 9.78 Å². The summed E-state index contributed by atoms with van der Waals surface area (Å²) < 4.78 is 0. The molecular weight excluding hydrogens is 440 g/mol. The summed E-state index contributed by atoms with van der Waals surface area (Å²) in [5, 5.41) is 0. The van der Waals surface area contributed by atoms with Crippen LogP contribution in [0.25, 0.3) is 22.1 Å². The average Bonchev–Trinajstić information content (AvgIpc) is 3.27. The zero-order chi connectivity index (χ0) is 23.9. The van der Waals surface area contributed by atoms with Crippen LogP contribution in [0.2, 0.25) is 0 Å². The Hall–Kier alpha value is -3.59. The van der Waals surface area contributed by atoms with Crippen LogP contribution < -0.4 is 4.90 Å². The Labute approximate surface area is 204 Å². The minimum Gasteiger partial charge on any atom is -0.368 e. The van der Waals surface area contributed by atoms with Crippen molar-refractivity contribution in [3.05, 3.63) is 53.9 Å². The van der Waals surface area contributed by atoms with E-state index in [1.54, 1.807) is 6.33 Å². The zero-order valence-electron chi connectivity index (χ0n) is 20.2. The number of hydrogen-bond acceptors (Lipinski definition) is 7. The maximum Gasteiger partial charge on any atom is 0.253 e. The van der Waals surface area contributed by atoms with Gasteiger partial charge in [0.05, 0.1) is 34.1 Å². The lowest BCUT2D eigenvalue weighted by Gasteiger charge is -2.34. The molecule has 2 saturated heterocycles. The van der Waals surface area contributed by atoms with Crippen LogP contribution in [-0.4, -0.2) is 86.9 Å². The van der Waals surface area contributed by atoms with Gasteiger partial charge in [-0.15, -0.1) is 0 Å². The number of fused-ring (bicyclic) bond motifs is 2. The van der Waals surface area contributed by atoms with E-state index in [0.29, 0.717) is 18.7 Å². The number of imidazole rings is 1. The number of piperidine rings is 1. The summed E-state index contributed by atoms with van der Waals surface area (Å²) >= 11 is 0. The normalized spacial score (nSPS) is 18.0. The van der Waals surface area contributed by atoms with Crippen LogP contribution >= 0.6 is 0 Å². The number of likely N-dealkylation sites (tertiary alicyclic amines) is 1. The third-order valence-corrected chi connectivity index (χ3v) is 7.37. The first-order valence-electron chi connectivity index (χ1n) is 12.3. The van der Waals surface area contributed by atoms with Gasteiger partial charge in [0.25, 0.3) is 5.91 Å². The van der Waals surface area contributed by atoms with E-state index in [4.69, 9.17) is 4.98 Å². The van der Waals surface area contributed by atoms with Gasteiger partial charge < -0.3 is 19.7 Å². The molecule has 0 aliphatic carbocycles. The van der Waals surface area contributed by atoms with E-state index in [0.717, 1.165) is 78.3 Å². The lowest BCUT2D eigenvalue weighted by Crippen LogP contribution is -2.44. The number of anilines is 1. The molecule has 0 unspecified atom stereocenters. The topological polar surface area (TPSA) is 94.1 Å². The lowest BCUT2D eigenvalue weighted by molar-refractivity contribution is 0.0712. The molecule has 1 aromatic carbocycles. The van der Waals surface area contributed by atoms with Crippen LogP contribution in [0.1, 0.15) is 40.6 Å². The second kappa shape index (κ2) is 8.88. The van der Waals surface area contributed by atoms with Crippen molar-refractivity contribution in [1.82, 2.24) is 34.7 Å². The fourth-order valence-corrected chi connectivity index (χ4v) is 5.30. The summed E-state index contributed by atoms with van der Waals surface area (Å²) in [7, 11) is 2.16. The molecule has 2 aliphatic heterocycles. The van der Waals surface area contributed by atoms with Gasteiger partial charge in [0, 0.05) is 50.7 Å². The molecule has 0 atom stereocenters. The number of benzene rings is 1. The fourth-order valence-electron chi connectivity index (χ4n) is 5.30. The van der Waals surface area contributed by atoms with Crippen LogP contribution in [0.15, 0.2) is 36.8 Å². The van der Waals surface area contributed by atoms with Gasteiger partial charge >= 0.3 is 0 Å². The van der Waals surface area contributed by atoms with Crippen molar-refractivity contribution in [2.24, 2.45) is 0 Å². The number of rotatable bonds is 3. The van der Waals surface area contributed by atoms with Crippen molar-refractivity contribution < 1.29 is 4.79 Å². The number of carbonyl (C=O) groups excluding carboxylic acids is 1. The second-order valence-corrected chi connectivity index (χ2v) is 9.73. The smallest absolute Gasteiger partial charge is 0.253 e. The van der Waals surface area contributed by atoms with Crippen LogP contribution in [0.4, 0.5) is 5.69 Å². The quantitative estimate of drug-likeness (QED) is 0.492. The number of aromatic amines is 1. The van der Waals surface area contributed by atoms with E-state index in [-0.39, 0.29) is 11.8 Å².